The van der Waals surface area contributed by atoms with Gasteiger partial charge in [-0.15, -0.1) is 0 Å². The number of benzene rings is 4. The Morgan fingerprint density at radius 3 is 2.22 bits per heavy atom. The van der Waals surface area contributed by atoms with Crippen molar-refractivity contribution in [1.82, 2.24) is 10.2 Å². The van der Waals surface area contributed by atoms with Crippen molar-refractivity contribution < 1.29 is 46.1 Å². The van der Waals surface area contributed by atoms with Crippen molar-refractivity contribution in [1.29, 1.82) is 0 Å². The third-order valence-corrected chi connectivity index (χ3v) is 9.24. The van der Waals surface area contributed by atoms with E-state index in [1.54, 1.807) is 25.3 Å². The Kier molecular flexibility index (Phi) is 11.2. The first-order valence-corrected chi connectivity index (χ1v) is 16.4. The maximum absolute atomic E-state index is 14.1. The van der Waals surface area contributed by atoms with Crippen LogP contribution in [0.5, 0.6) is 0 Å². The highest BCUT2D eigenvalue weighted by molar-refractivity contribution is 5.94. The van der Waals surface area contributed by atoms with E-state index in [2.05, 4.69) is 10.2 Å². The largest absolute Gasteiger partial charge is 0.392 e. The SMILES string of the molecule is COC[C@@H]1CCCN1C[C@H]1C[C@@H](c2ccc(CO)cc2)O[C@@H](c2ccc(-c3cccc(CNC(=O)c4c(F)c(F)c(F)c(F)c4F)c3)cc2)O1. The van der Waals surface area contributed by atoms with Gasteiger partial charge in [-0.25, -0.2) is 22.0 Å². The normalized spacial score (nSPS) is 21.0. The van der Waals surface area contributed by atoms with Gasteiger partial charge in [-0.1, -0.05) is 66.7 Å². The molecule has 2 aliphatic heterocycles. The Bertz CT molecular complexity index is 1780. The van der Waals surface area contributed by atoms with Crippen LogP contribution in [0, 0.1) is 29.1 Å². The van der Waals surface area contributed by atoms with E-state index < -0.39 is 46.8 Å². The lowest BCUT2D eigenvalue weighted by atomic mass is 9.98. The lowest BCUT2D eigenvalue weighted by molar-refractivity contribution is -0.253. The number of carbonyl (C=O) groups excluding carboxylic acids is 1. The molecule has 0 aromatic heterocycles. The number of nitrogens with one attached hydrogen (secondary N) is 1. The van der Waals surface area contributed by atoms with Crippen molar-refractivity contribution in [2.45, 2.75) is 57.0 Å². The number of carbonyl (C=O) groups is 1. The zero-order valence-corrected chi connectivity index (χ0v) is 27.3. The molecule has 2 aliphatic rings. The summed E-state index contributed by atoms with van der Waals surface area (Å²) in [7, 11) is 1.72. The van der Waals surface area contributed by atoms with E-state index in [9.17, 15) is 31.9 Å². The minimum absolute atomic E-state index is 0.0433. The van der Waals surface area contributed by atoms with Gasteiger partial charge < -0.3 is 24.6 Å². The van der Waals surface area contributed by atoms with Crippen LogP contribution in [0.25, 0.3) is 11.1 Å². The number of nitrogens with zero attached hydrogens (tertiary/aromatic N) is 1. The van der Waals surface area contributed by atoms with Crippen molar-refractivity contribution >= 4 is 5.91 Å². The number of ether oxygens (including phenoxy) is 3. The molecule has 0 unspecified atom stereocenters. The average molecular weight is 697 g/mol. The third kappa shape index (κ3) is 7.74. The summed E-state index contributed by atoms with van der Waals surface area (Å²) in [5.41, 5.74) is 3.22. The summed E-state index contributed by atoms with van der Waals surface area (Å²) < 4.78 is 87.3. The number of likely N-dealkylation sites (tertiary alicyclic amines) is 1. The first-order chi connectivity index (χ1) is 24.2. The van der Waals surface area contributed by atoms with Crippen molar-refractivity contribution in [2.24, 2.45) is 0 Å². The fourth-order valence-electron chi connectivity index (χ4n) is 6.58. The first-order valence-electron chi connectivity index (χ1n) is 16.4. The number of hydrogen-bond donors (Lipinski definition) is 2. The quantitative estimate of drug-likeness (QED) is 0.0988. The molecule has 6 rings (SSSR count). The zero-order valence-electron chi connectivity index (χ0n) is 27.3. The lowest BCUT2D eigenvalue weighted by Crippen LogP contribution is -2.42. The van der Waals surface area contributed by atoms with Gasteiger partial charge in [-0.05, 0) is 53.3 Å². The Labute approximate surface area is 286 Å². The fourth-order valence-corrected chi connectivity index (χ4v) is 6.58. The summed E-state index contributed by atoms with van der Waals surface area (Å²) in [5, 5.41) is 11.7. The van der Waals surface area contributed by atoms with Crippen LogP contribution < -0.4 is 5.32 Å². The Morgan fingerprint density at radius 1 is 0.860 bits per heavy atom. The average Bonchev–Trinajstić information content (AvgIpc) is 3.58. The highest BCUT2D eigenvalue weighted by atomic mass is 19.2. The van der Waals surface area contributed by atoms with Crippen LogP contribution >= 0.6 is 0 Å². The molecule has 50 heavy (non-hydrogen) atoms. The van der Waals surface area contributed by atoms with Gasteiger partial charge in [0.15, 0.2) is 29.6 Å². The number of rotatable bonds is 11. The van der Waals surface area contributed by atoms with E-state index in [0.717, 1.165) is 53.7 Å². The molecule has 12 heteroatoms. The summed E-state index contributed by atoms with van der Waals surface area (Å²) in [6, 6.07) is 22.7. The molecule has 0 bridgehead atoms. The number of methoxy groups -OCH3 is 1. The first kappa shape index (κ1) is 35.6. The van der Waals surface area contributed by atoms with Crippen molar-refractivity contribution in [2.75, 3.05) is 26.8 Å². The van der Waals surface area contributed by atoms with E-state index >= 15 is 0 Å². The molecular formula is C38H37F5N2O5. The van der Waals surface area contributed by atoms with E-state index in [1.165, 1.54) is 0 Å². The molecule has 0 spiro atoms. The highest BCUT2D eigenvalue weighted by Crippen LogP contribution is 2.39. The Balaban J connectivity index is 1.16. The van der Waals surface area contributed by atoms with Crippen LogP contribution in [0.3, 0.4) is 0 Å². The molecule has 2 saturated heterocycles. The van der Waals surface area contributed by atoms with E-state index in [-0.39, 0.29) is 25.4 Å². The molecule has 2 heterocycles. The third-order valence-electron chi connectivity index (χ3n) is 9.24. The van der Waals surface area contributed by atoms with Gasteiger partial charge in [-0.2, -0.15) is 0 Å². The molecular weight excluding hydrogens is 659 g/mol. The lowest BCUT2D eigenvalue weighted by Gasteiger charge is -2.38. The second-order valence-corrected chi connectivity index (χ2v) is 12.5. The second kappa shape index (κ2) is 15.8. The highest BCUT2D eigenvalue weighted by Gasteiger charge is 2.35. The van der Waals surface area contributed by atoms with Crippen molar-refractivity contribution in [3.8, 4) is 11.1 Å². The monoisotopic (exact) mass is 696 g/mol. The molecule has 264 valence electrons. The van der Waals surface area contributed by atoms with Gasteiger partial charge >= 0.3 is 0 Å². The van der Waals surface area contributed by atoms with Crippen LogP contribution in [0.1, 0.15) is 64.3 Å². The van der Waals surface area contributed by atoms with Crippen molar-refractivity contribution in [3.05, 3.63) is 130 Å². The topological polar surface area (TPSA) is 80.3 Å². The standard InChI is InChI=1S/C38H37F5N2O5/c1-48-21-28-6-3-15-45(28)19-29-17-30(25-9-7-22(20-46)8-10-25)50-38(49-29)26-13-11-24(12-14-26)27-5-2-4-23(16-27)18-44-37(47)31-32(39)34(41)36(43)35(42)33(31)40/h2,4-5,7-14,16,28-30,38,46H,3,6,15,17-21H2,1H3,(H,44,47)/t28-,29+,30-,38-/m0/s1. The minimum atomic E-state index is -2.33. The summed E-state index contributed by atoms with van der Waals surface area (Å²) in [6.45, 7) is 2.12. The fraction of sp³-hybridized carbons (Fsp3) is 0.342. The van der Waals surface area contributed by atoms with Gasteiger partial charge in [0.1, 0.15) is 5.56 Å². The molecule has 0 radical (unpaired) electrons. The molecule has 4 aromatic rings. The smallest absolute Gasteiger partial charge is 0.257 e. The summed E-state index contributed by atoms with van der Waals surface area (Å²) in [6.07, 6.45) is 1.87. The van der Waals surface area contributed by atoms with Crippen LogP contribution in [-0.2, 0) is 27.4 Å². The predicted octanol–water partition coefficient (Wildman–Crippen LogP) is 7.13. The second-order valence-electron chi connectivity index (χ2n) is 12.5. The Morgan fingerprint density at radius 2 is 1.54 bits per heavy atom. The maximum Gasteiger partial charge on any atom is 0.257 e. The van der Waals surface area contributed by atoms with Crippen LogP contribution in [0.15, 0.2) is 72.8 Å². The molecule has 1 amide bonds. The number of aliphatic hydroxyl groups excluding tert-OH is 1. The molecule has 0 aliphatic carbocycles. The van der Waals surface area contributed by atoms with Gasteiger partial charge in [-0.3, -0.25) is 9.69 Å². The van der Waals surface area contributed by atoms with Crippen LogP contribution in [0.4, 0.5) is 22.0 Å². The van der Waals surface area contributed by atoms with Crippen LogP contribution in [-0.4, -0.2) is 54.9 Å². The van der Waals surface area contributed by atoms with E-state index in [0.29, 0.717) is 24.6 Å². The molecule has 7 nitrogen and oxygen atoms in total. The zero-order chi connectivity index (χ0) is 35.4. The number of aliphatic hydroxyl groups is 1. The minimum Gasteiger partial charge on any atom is -0.392 e. The van der Waals surface area contributed by atoms with Crippen molar-refractivity contribution in [3.63, 3.8) is 0 Å². The predicted molar refractivity (Wildman–Crippen MR) is 174 cm³/mol. The van der Waals surface area contributed by atoms with E-state index in [1.807, 2.05) is 54.6 Å². The molecule has 4 aromatic carbocycles. The summed E-state index contributed by atoms with van der Waals surface area (Å²) in [5.74, 6) is -12.5. The molecule has 4 atom stereocenters. The molecule has 0 saturated carbocycles. The molecule has 2 fully saturated rings. The number of halogens is 5. The van der Waals surface area contributed by atoms with Gasteiger partial charge in [0.25, 0.3) is 5.91 Å². The van der Waals surface area contributed by atoms with Gasteiger partial charge in [0, 0.05) is 38.2 Å². The summed E-state index contributed by atoms with van der Waals surface area (Å²) in [4.78, 5) is 14.9. The van der Waals surface area contributed by atoms with Crippen LogP contribution in [0.2, 0.25) is 0 Å². The number of amides is 1. The maximum atomic E-state index is 14.1. The van der Waals surface area contributed by atoms with E-state index in [4.69, 9.17) is 14.2 Å². The van der Waals surface area contributed by atoms with Gasteiger partial charge in [0.2, 0.25) is 5.82 Å². The van der Waals surface area contributed by atoms with Gasteiger partial charge in [0.05, 0.1) is 25.4 Å². The summed E-state index contributed by atoms with van der Waals surface area (Å²) >= 11 is 0. The number of hydrogen-bond acceptors (Lipinski definition) is 6. The Hall–Kier alpha value is -4.20. The molecule has 2 N–H and O–H groups in total.